The number of hydrogen-bond acceptors (Lipinski definition) is 10. The number of hydrogen-bond donors (Lipinski definition) is 1. The SMILES string of the molecule is Cc1noc(-c2ccc(S(=O)(=O)N3CCN(C[C@H](C)Nc4ncnc5c(OC(F)(F)F)cccc45)CC3)s2)c1C. The molecule has 10 nitrogen and oxygen atoms in total. The Kier molecular flexibility index (Phi) is 7.74. The molecule has 4 heterocycles. The van der Waals surface area contributed by atoms with Crippen LogP contribution in [0.15, 0.2) is 45.4 Å². The van der Waals surface area contributed by atoms with Crippen molar-refractivity contribution in [3.63, 3.8) is 0 Å². The fraction of sp³-hybridized carbons (Fsp3) is 0.400. The number of sulfonamides is 1. The summed E-state index contributed by atoms with van der Waals surface area (Å²) in [6.07, 6.45) is -3.65. The molecule has 0 spiro atoms. The molecule has 214 valence electrons. The summed E-state index contributed by atoms with van der Waals surface area (Å²) in [6.45, 7) is 7.93. The first kappa shape index (κ1) is 28.3. The van der Waals surface area contributed by atoms with Crippen molar-refractivity contribution in [2.75, 3.05) is 38.0 Å². The second-order valence-electron chi connectivity index (χ2n) is 9.51. The number of alkyl halides is 3. The normalized spacial score (nSPS) is 16.4. The Morgan fingerprint density at radius 1 is 1.12 bits per heavy atom. The number of halogens is 3. The lowest BCUT2D eigenvalue weighted by Gasteiger charge is -2.35. The molecule has 0 unspecified atom stereocenters. The van der Waals surface area contributed by atoms with E-state index in [2.05, 4.69) is 30.1 Å². The number of nitrogens with zero attached hydrogens (tertiary/aromatic N) is 5. The number of piperazine rings is 1. The molecule has 0 saturated carbocycles. The van der Waals surface area contributed by atoms with E-state index in [1.165, 1.54) is 22.8 Å². The highest BCUT2D eigenvalue weighted by Crippen LogP contribution is 2.35. The van der Waals surface area contributed by atoms with E-state index in [1.807, 2.05) is 20.8 Å². The predicted molar refractivity (Wildman–Crippen MR) is 144 cm³/mol. The molecule has 1 saturated heterocycles. The van der Waals surface area contributed by atoms with E-state index in [9.17, 15) is 21.6 Å². The van der Waals surface area contributed by atoms with Gasteiger partial charge in [-0.15, -0.1) is 24.5 Å². The zero-order valence-electron chi connectivity index (χ0n) is 21.9. The molecule has 0 amide bonds. The Labute approximate surface area is 232 Å². The van der Waals surface area contributed by atoms with Crippen LogP contribution in [0.1, 0.15) is 18.2 Å². The van der Waals surface area contributed by atoms with Crippen LogP contribution < -0.4 is 10.1 Å². The smallest absolute Gasteiger partial charge is 0.403 e. The molecule has 40 heavy (non-hydrogen) atoms. The van der Waals surface area contributed by atoms with Gasteiger partial charge >= 0.3 is 6.36 Å². The number of para-hydroxylation sites is 1. The van der Waals surface area contributed by atoms with E-state index in [0.717, 1.165) is 22.6 Å². The van der Waals surface area contributed by atoms with Crippen LogP contribution in [-0.2, 0) is 10.0 Å². The Morgan fingerprint density at radius 3 is 2.55 bits per heavy atom. The molecule has 15 heteroatoms. The number of fused-ring (bicyclic) bond motifs is 1. The quantitative estimate of drug-likeness (QED) is 0.310. The maximum Gasteiger partial charge on any atom is 0.573 e. The van der Waals surface area contributed by atoms with Gasteiger partial charge in [0.1, 0.15) is 21.9 Å². The summed E-state index contributed by atoms with van der Waals surface area (Å²) >= 11 is 1.16. The summed E-state index contributed by atoms with van der Waals surface area (Å²) < 4.78 is 76.2. The van der Waals surface area contributed by atoms with Crippen molar-refractivity contribution < 1.29 is 30.8 Å². The summed E-state index contributed by atoms with van der Waals surface area (Å²) in [5.41, 5.74) is 1.70. The lowest BCUT2D eigenvalue weighted by Crippen LogP contribution is -2.50. The molecule has 5 rings (SSSR count). The topological polar surface area (TPSA) is 114 Å². The lowest BCUT2D eigenvalue weighted by atomic mass is 10.2. The van der Waals surface area contributed by atoms with Gasteiger partial charge in [0.05, 0.1) is 10.6 Å². The van der Waals surface area contributed by atoms with Crippen LogP contribution in [0.25, 0.3) is 21.5 Å². The molecular weight excluding hydrogens is 569 g/mol. The summed E-state index contributed by atoms with van der Waals surface area (Å²) in [5.74, 6) is 0.567. The number of ether oxygens (including phenoxy) is 1. The van der Waals surface area contributed by atoms with Gasteiger partial charge in [-0.3, -0.25) is 4.90 Å². The summed E-state index contributed by atoms with van der Waals surface area (Å²) in [4.78, 5) is 11.0. The van der Waals surface area contributed by atoms with Crippen molar-refractivity contribution in [3.8, 4) is 16.4 Å². The minimum absolute atomic E-state index is 0.0497. The molecule has 3 aromatic heterocycles. The van der Waals surface area contributed by atoms with Crippen molar-refractivity contribution in [1.82, 2.24) is 24.3 Å². The van der Waals surface area contributed by atoms with Crippen molar-refractivity contribution in [1.29, 1.82) is 0 Å². The molecule has 4 aromatic rings. The highest BCUT2D eigenvalue weighted by atomic mass is 32.2. The number of nitrogens with one attached hydrogen (secondary N) is 1. The van der Waals surface area contributed by atoms with Crippen LogP contribution in [-0.4, -0.2) is 77.9 Å². The van der Waals surface area contributed by atoms with Gasteiger partial charge in [-0.1, -0.05) is 11.2 Å². The third kappa shape index (κ3) is 5.92. The molecule has 0 radical (unpaired) electrons. The van der Waals surface area contributed by atoms with Crippen molar-refractivity contribution in [3.05, 3.63) is 47.9 Å². The van der Waals surface area contributed by atoms with Crippen molar-refractivity contribution in [2.24, 2.45) is 0 Å². The standard InChI is InChI=1S/C25H27F3N6O4S2/c1-15(31-24-18-5-4-6-19(37-25(26,27)28)22(18)29-14-30-24)13-33-9-11-34(12-10-33)40(35,36)21-8-7-20(39-21)23-16(2)17(3)32-38-23/h4-8,14-15H,9-13H2,1-3H3,(H,29,30,31)/t15-/m0/s1. The van der Waals surface area contributed by atoms with Gasteiger partial charge in [0, 0.05) is 49.7 Å². The van der Waals surface area contributed by atoms with Crippen molar-refractivity contribution >= 4 is 38.1 Å². The zero-order valence-corrected chi connectivity index (χ0v) is 23.5. The molecular formula is C25H27F3N6O4S2. The second kappa shape index (κ2) is 11.0. The Bertz CT molecular complexity index is 1610. The Morgan fingerprint density at radius 2 is 1.88 bits per heavy atom. The van der Waals surface area contributed by atoms with Gasteiger partial charge in [0.2, 0.25) is 0 Å². The third-order valence-corrected chi connectivity index (χ3v) is 10.1. The fourth-order valence-electron chi connectivity index (χ4n) is 4.55. The molecule has 1 aliphatic heterocycles. The van der Waals surface area contributed by atoms with Gasteiger partial charge in [0.25, 0.3) is 10.0 Å². The van der Waals surface area contributed by atoms with Gasteiger partial charge in [-0.05, 0) is 45.0 Å². The van der Waals surface area contributed by atoms with E-state index >= 15 is 0 Å². The van der Waals surface area contributed by atoms with Crippen LogP contribution in [0.2, 0.25) is 0 Å². The highest BCUT2D eigenvalue weighted by molar-refractivity contribution is 7.91. The average molecular weight is 597 g/mol. The molecule has 0 bridgehead atoms. The lowest BCUT2D eigenvalue weighted by molar-refractivity contribution is -0.274. The van der Waals surface area contributed by atoms with Crippen LogP contribution >= 0.6 is 11.3 Å². The second-order valence-corrected chi connectivity index (χ2v) is 12.8. The van der Waals surface area contributed by atoms with Crippen LogP contribution in [0.5, 0.6) is 5.75 Å². The van der Waals surface area contributed by atoms with Gasteiger partial charge in [-0.2, -0.15) is 4.31 Å². The van der Waals surface area contributed by atoms with Crippen molar-refractivity contribution in [2.45, 2.75) is 37.4 Å². The summed E-state index contributed by atoms with van der Waals surface area (Å²) in [5, 5.41) is 7.59. The minimum Gasteiger partial charge on any atom is -0.403 e. The average Bonchev–Trinajstić information content (AvgIpc) is 3.51. The fourth-order valence-corrected chi connectivity index (χ4v) is 7.47. The predicted octanol–water partition coefficient (Wildman–Crippen LogP) is 4.67. The van der Waals surface area contributed by atoms with E-state index in [0.29, 0.717) is 54.6 Å². The largest absolute Gasteiger partial charge is 0.573 e. The van der Waals surface area contributed by atoms with E-state index in [-0.39, 0.29) is 15.8 Å². The molecule has 1 aromatic carbocycles. The molecule has 1 N–H and O–H groups in total. The molecule has 0 aliphatic carbocycles. The number of rotatable bonds is 8. The first-order chi connectivity index (χ1) is 18.9. The summed E-state index contributed by atoms with van der Waals surface area (Å²) in [7, 11) is -3.66. The highest BCUT2D eigenvalue weighted by Gasteiger charge is 2.33. The number of benzene rings is 1. The van der Waals surface area contributed by atoms with Crippen LogP contribution in [0, 0.1) is 13.8 Å². The van der Waals surface area contributed by atoms with Gasteiger partial charge < -0.3 is 14.6 Å². The Balaban J connectivity index is 1.20. The molecule has 1 atom stereocenters. The number of aryl methyl sites for hydroxylation is 1. The maximum atomic E-state index is 13.3. The number of thiophene rings is 1. The first-order valence-corrected chi connectivity index (χ1v) is 14.7. The van der Waals surface area contributed by atoms with Crippen LogP contribution in [0.3, 0.4) is 0 Å². The first-order valence-electron chi connectivity index (χ1n) is 12.4. The summed E-state index contributed by atoms with van der Waals surface area (Å²) in [6, 6.07) is 7.48. The third-order valence-electron chi connectivity index (χ3n) is 6.66. The van der Waals surface area contributed by atoms with E-state index in [1.54, 1.807) is 18.2 Å². The molecule has 1 fully saturated rings. The van der Waals surface area contributed by atoms with Gasteiger partial charge in [-0.25, -0.2) is 18.4 Å². The molecule has 1 aliphatic rings. The zero-order chi connectivity index (χ0) is 28.7. The van der Waals surface area contributed by atoms with E-state index in [4.69, 9.17) is 4.52 Å². The Hall–Kier alpha value is -3.27. The van der Waals surface area contributed by atoms with Crippen LogP contribution in [0.4, 0.5) is 19.0 Å². The van der Waals surface area contributed by atoms with Gasteiger partial charge in [0.15, 0.2) is 11.5 Å². The van der Waals surface area contributed by atoms with E-state index < -0.39 is 22.1 Å². The number of aromatic nitrogens is 3. The number of anilines is 1. The maximum absolute atomic E-state index is 13.3. The minimum atomic E-state index is -4.84. The monoisotopic (exact) mass is 596 g/mol.